The van der Waals surface area contributed by atoms with Crippen molar-refractivity contribution < 1.29 is 0 Å². The van der Waals surface area contributed by atoms with E-state index in [0.717, 1.165) is 17.5 Å². The SMILES string of the molecule is CC1CC(NCc2ccncn2)CS1. The molecule has 1 aromatic rings. The fraction of sp³-hybridized carbons (Fsp3) is 0.600. The van der Waals surface area contributed by atoms with E-state index in [-0.39, 0.29) is 0 Å². The highest BCUT2D eigenvalue weighted by Crippen LogP contribution is 2.25. The highest BCUT2D eigenvalue weighted by molar-refractivity contribution is 8.00. The van der Waals surface area contributed by atoms with Gasteiger partial charge < -0.3 is 5.32 Å². The van der Waals surface area contributed by atoms with Crippen LogP contribution in [0.5, 0.6) is 0 Å². The van der Waals surface area contributed by atoms with Crippen LogP contribution in [0.4, 0.5) is 0 Å². The van der Waals surface area contributed by atoms with Crippen LogP contribution in [0.1, 0.15) is 19.0 Å². The molecule has 3 nitrogen and oxygen atoms in total. The van der Waals surface area contributed by atoms with Crippen molar-refractivity contribution in [1.82, 2.24) is 15.3 Å². The van der Waals surface area contributed by atoms with Crippen molar-refractivity contribution in [3.63, 3.8) is 0 Å². The van der Waals surface area contributed by atoms with Gasteiger partial charge in [-0.15, -0.1) is 0 Å². The number of rotatable bonds is 3. The Morgan fingerprint density at radius 2 is 2.57 bits per heavy atom. The first kappa shape index (κ1) is 9.93. The van der Waals surface area contributed by atoms with Crippen LogP contribution in [0.25, 0.3) is 0 Å². The summed E-state index contributed by atoms with van der Waals surface area (Å²) < 4.78 is 0. The van der Waals surface area contributed by atoms with Gasteiger partial charge in [-0.3, -0.25) is 0 Å². The molecule has 1 aliphatic heterocycles. The lowest BCUT2D eigenvalue weighted by Crippen LogP contribution is -2.28. The van der Waals surface area contributed by atoms with E-state index in [1.807, 2.05) is 17.8 Å². The van der Waals surface area contributed by atoms with Gasteiger partial charge in [0.05, 0.1) is 5.69 Å². The normalized spacial score (nSPS) is 26.6. The molecule has 14 heavy (non-hydrogen) atoms. The van der Waals surface area contributed by atoms with Crippen LogP contribution in [0.2, 0.25) is 0 Å². The van der Waals surface area contributed by atoms with Crippen LogP contribution in [-0.2, 0) is 6.54 Å². The highest BCUT2D eigenvalue weighted by atomic mass is 32.2. The molecule has 2 atom stereocenters. The third-order valence-corrected chi connectivity index (χ3v) is 3.77. The zero-order chi connectivity index (χ0) is 9.80. The second-order valence-electron chi connectivity index (χ2n) is 3.66. The predicted molar refractivity (Wildman–Crippen MR) is 59.2 cm³/mol. The van der Waals surface area contributed by atoms with E-state index in [2.05, 4.69) is 22.2 Å². The van der Waals surface area contributed by atoms with Crippen LogP contribution in [0.15, 0.2) is 18.6 Å². The standard InChI is InChI=1S/C10H15N3S/c1-8-4-10(6-14-8)12-5-9-2-3-11-7-13-9/h2-3,7-8,10,12H,4-6H2,1H3. The second-order valence-corrected chi connectivity index (χ2v) is 5.13. The lowest BCUT2D eigenvalue weighted by molar-refractivity contribution is 0.533. The summed E-state index contributed by atoms with van der Waals surface area (Å²) in [6, 6.07) is 2.61. The molecule has 0 radical (unpaired) electrons. The zero-order valence-corrected chi connectivity index (χ0v) is 9.13. The van der Waals surface area contributed by atoms with Gasteiger partial charge in [0.1, 0.15) is 6.33 Å². The van der Waals surface area contributed by atoms with E-state index in [4.69, 9.17) is 0 Å². The van der Waals surface area contributed by atoms with Crippen LogP contribution in [0.3, 0.4) is 0 Å². The van der Waals surface area contributed by atoms with Crippen LogP contribution in [0, 0.1) is 0 Å². The number of hydrogen-bond acceptors (Lipinski definition) is 4. The van der Waals surface area contributed by atoms with Crippen molar-refractivity contribution in [3.05, 3.63) is 24.3 Å². The Labute approximate surface area is 88.7 Å². The minimum Gasteiger partial charge on any atom is -0.308 e. The zero-order valence-electron chi connectivity index (χ0n) is 8.31. The molecule has 1 fully saturated rings. The Morgan fingerprint density at radius 3 is 3.21 bits per heavy atom. The van der Waals surface area contributed by atoms with Crippen molar-refractivity contribution in [2.45, 2.75) is 31.2 Å². The summed E-state index contributed by atoms with van der Waals surface area (Å²) in [6.45, 7) is 3.15. The molecule has 0 spiro atoms. The van der Waals surface area contributed by atoms with Crippen LogP contribution in [-0.4, -0.2) is 27.0 Å². The van der Waals surface area contributed by atoms with Crippen molar-refractivity contribution in [2.75, 3.05) is 5.75 Å². The van der Waals surface area contributed by atoms with Gasteiger partial charge in [-0.2, -0.15) is 11.8 Å². The maximum Gasteiger partial charge on any atom is 0.115 e. The summed E-state index contributed by atoms with van der Waals surface area (Å²) >= 11 is 2.05. The van der Waals surface area contributed by atoms with Crippen molar-refractivity contribution in [2.24, 2.45) is 0 Å². The summed E-state index contributed by atoms with van der Waals surface area (Å²) in [5.41, 5.74) is 1.07. The fourth-order valence-electron chi connectivity index (χ4n) is 1.63. The van der Waals surface area contributed by atoms with E-state index < -0.39 is 0 Å². The number of nitrogens with zero attached hydrogens (tertiary/aromatic N) is 2. The molecular weight excluding hydrogens is 194 g/mol. The van der Waals surface area contributed by atoms with Crippen LogP contribution >= 0.6 is 11.8 Å². The molecule has 1 N–H and O–H groups in total. The molecule has 2 rings (SSSR count). The maximum absolute atomic E-state index is 4.18. The van der Waals surface area contributed by atoms with E-state index in [9.17, 15) is 0 Å². The maximum atomic E-state index is 4.18. The molecule has 2 heterocycles. The number of aromatic nitrogens is 2. The summed E-state index contributed by atoms with van der Waals surface area (Å²) in [5.74, 6) is 1.23. The Kier molecular flexibility index (Phi) is 3.37. The average molecular weight is 209 g/mol. The minimum atomic E-state index is 0.657. The lowest BCUT2D eigenvalue weighted by atomic mass is 10.2. The first-order valence-electron chi connectivity index (χ1n) is 4.94. The molecule has 0 aromatic carbocycles. The summed E-state index contributed by atoms with van der Waals surface area (Å²) in [7, 11) is 0. The van der Waals surface area contributed by atoms with Crippen molar-refractivity contribution in [1.29, 1.82) is 0 Å². The molecule has 0 bridgehead atoms. The number of nitrogens with one attached hydrogen (secondary N) is 1. The van der Waals surface area contributed by atoms with Gasteiger partial charge in [0.2, 0.25) is 0 Å². The molecule has 0 saturated carbocycles. The van der Waals surface area contributed by atoms with Crippen molar-refractivity contribution in [3.8, 4) is 0 Å². The van der Waals surface area contributed by atoms with Crippen LogP contribution < -0.4 is 5.32 Å². The molecular formula is C10H15N3S. The number of thioether (sulfide) groups is 1. The second kappa shape index (κ2) is 4.75. The van der Waals surface area contributed by atoms with Gasteiger partial charge in [0.15, 0.2) is 0 Å². The molecule has 2 unspecified atom stereocenters. The van der Waals surface area contributed by atoms with Gasteiger partial charge in [-0.25, -0.2) is 9.97 Å². The number of hydrogen-bond donors (Lipinski definition) is 1. The molecule has 1 saturated heterocycles. The Balaban J connectivity index is 1.78. The third kappa shape index (κ3) is 2.69. The Bertz CT molecular complexity index is 278. The molecule has 1 aromatic heterocycles. The topological polar surface area (TPSA) is 37.8 Å². The van der Waals surface area contributed by atoms with Gasteiger partial charge in [0, 0.05) is 29.8 Å². The molecule has 1 aliphatic rings. The minimum absolute atomic E-state index is 0.657. The van der Waals surface area contributed by atoms with E-state index >= 15 is 0 Å². The summed E-state index contributed by atoms with van der Waals surface area (Å²) in [5, 5.41) is 4.32. The smallest absolute Gasteiger partial charge is 0.115 e. The van der Waals surface area contributed by atoms with Gasteiger partial charge in [-0.1, -0.05) is 6.92 Å². The fourth-order valence-corrected chi connectivity index (χ4v) is 2.81. The summed E-state index contributed by atoms with van der Waals surface area (Å²) in [4.78, 5) is 8.07. The van der Waals surface area contributed by atoms with E-state index in [1.54, 1.807) is 12.5 Å². The Morgan fingerprint density at radius 1 is 1.64 bits per heavy atom. The molecule has 4 heteroatoms. The summed E-state index contributed by atoms with van der Waals surface area (Å²) in [6.07, 6.45) is 4.66. The largest absolute Gasteiger partial charge is 0.308 e. The lowest BCUT2D eigenvalue weighted by Gasteiger charge is -2.10. The Hall–Kier alpha value is -0.610. The molecule has 0 amide bonds. The average Bonchev–Trinajstić information content (AvgIpc) is 2.63. The highest BCUT2D eigenvalue weighted by Gasteiger charge is 2.20. The molecule has 76 valence electrons. The van der Waals surface area contributed by atoms with Gasteiger partial charge in [0.25, 0.3) is 0 Å². The third-order valence-electron chi connectivity index (χ3n) is 2.41. The predicted octanol–water partition coefficient (Wildman–Crippen LogP) is 1.46. The van der Waals surface area contributed by atoms with Crippen molar-refractivity contribution >= 4 is 11.8 Å². The van der Waals surface area contributed by atoms with E-state index in [1.165, 1.54) is 12.2 Å². The first-order chi connectivity index (χ1) is 6.84. The molecule has 0 aliphatic carbocycles. The monoisotopic (exact) mass is 209 g/mol. The first-order valence-corrected chi connectivity index (χ1v) is 5.99. The van der Waals surface area contributed by atoms with Gasteiger partial charge >= 0.3 is 0 Å². The van der Waals surface area contributed by atoms with Gasteiger partial charge in [-0.05, 0) is 12.5 Å². The quantitative estimate of drug-likeness (QED) is 0.818. The van der Waals surface area contributed by atoms with E-state index in [0.29, 0.717) is 6.04 Å².